The van der Waals surface area contributed by atoms with E-state index in [9.17, 15) is 14.7 Å². The zero-order valence-electron chi connectivity index (χ0n) is 14.4. The van der Waals surface area contributed by atoms with Crippen LogP contribution in [-0.4, -0.2) is 37.8 Å². The summed E-state index contributed by atoms with van der Waals surface area (Å²) >= 11 is 6.09. The Morgan fingerprint density at radius 3 is 2.64 bits per heavy atom. The Labute approximate surface area is 151 Å². The Kier molecular flexibility index (Phi) is 6.14. The molecule has 0 bridgehead atoms. The second kappa shape index (κ2) is 8.11. The highest BCUT2D eigenvalue weighted by Crippen LogP contribution is 2.18. The molecule has 2 rings (SSSR count). The molecule has 0 fully saturated rings. The predicted octanol–water partition coefficient (Wildman–Crippen LogP) is 2.91. The summed E-state index contributed by atoms with van der Waals surface area (Å²) in [5.74, 6) is -1.25. The first-order valence-corrected chi connectivity index (χ1v) is 8.45. The lowest BCUT2D eigenvalue weighted by atomic mass is 10.1. The monoisotopic (exact) mass is 364 g/mol. The second-order valence-corrected chi connectivity index (χ2v) is 6.25. The van der Waals surface area contributed by atoms with Crippen molar-refractivity contribution >= 4 is 23.5 Å². The van der Waals surface area contributed by atoms with Gasteiger partial charge in [0.15, 0.2) is 5.82 Å². The molecule has 134 valence electrons. The number of carbonyl (C=O) groups excluding carboxylic acids is 1. The summed E-state index contributed by atoms with van der Waals surface area (Å²) in [5.41, 5.74) is 1.67. The molecule has 25 heavy (non-hydrogen) atoms. The average Bonchev–Trinajstić information content (AvgIpc) is 2.89. The summed E-state index contributed by atoms with van der Waals surface area (Å²) in [7, 11) is 0. The van der Waals surface area contributed by atoms with Gasteiger partial charge in [0, 0.05) is 5.69 Å². The van der Waals surface area contributed by atoms with E-state index in [0.29, 0.717) is 18.7 Å². The number of nitrogens with one attached hydrogen (secondary N) is 1. The molecule has 0 spiro atoms. The van der Waals surface area contributed by atoms with Gasteiger partial charge in [0.2, 0.25) is 0 Å². The zero-order chi connectivity index (χ0) is 18.6. The molecular formula is C17H21ClN4O3. The van der Waals surface area contributed by atoms with Crippen molar-refractivity contribution in [2.45, 2.75) is 46.1 Å². The minimum absolute atomic E-state index is 0.0190. The summed E-state index contributed by atoms with van der Waals surface area (Å²) < 4.78 is 1.61. The molecule has 0 saturated carbocycles. The predicted molar refractivity (Wildman–Crippen MR) is 94.3 cm³/mol. The van der Waals surface area contributed by atoms with Gasteiger partial charge in [-0.15, -0.1) is 0 Å². The first kappa shape index (κ1) is 18.9. The molecule has 0 radical (unpaired) electrons. The number of nitrogens with zero attached hydrogens (tertiary/aromatic N) is 3. The molecule has 0 aromatic carbocycles. The van der Waals surface area contributed by atoms with E-state index in [-0.39, 0.29) is 10.7 Å². The summed E-state index contributed by atoms with van der Waals surface area (Å²) in [6.45, 7) is 5.69. The fourth-order valence-electron chi connectivity index (χ4n) is 2.46. The number of amides is 1. The van der Waals surface area contributed by atoms with E-state index >= 15 is 0 Å². The van der Waals surface area contributed by atoms with Crippen molar-refractivity contribution < 1.29 is 14.7 Å². The van der Waals surface area contributed by atoms with Crippen LogP contribution in [0.15, 0.2) is 18.2 Å². The third-order valence-corrected chi connectivity index (χ3v) is 4.03. The number of aromatic nitrogens is 3. The Morgan fingerprint density at radius 1 is 1.36 bits per heavy atom. The van der Waals surface area contributed by atoms with Gasteiger partial charge in [-0.25, -0.2) is 14.5 Å². The molecule has 1 amide bonds. The van der Waals surface area contributed by atoms with Gasteiger partial charge in [0.1, 0.15) is 11.7 Å². The lowest BCUT2D eigenvalue weighted by molar-refractivity contribution is -0.139. The van der Waals surface area contributed by atoms with Crippen molar-refractivity contribution in [3.8, 4) is 5.82 Å². The van der Waals surface area contributed by atoms with E-state index < -0.39 is 17.9 Å². The van der Waals surface area contributed by atoms with Crippen molar-refractivity contribution in [1.29, 1.82) is 0 Å². The van der Waals surface area contributed by atoms with Gasteiger partial charge in [-0.1, -0.05) is 31.4 Å². The van der Waals surface area contributed by atoms with Gasteiger partial charge in [-0.3, -0.25) is 4.79 Å². The van der Waals surface area contributed by atoms with Crippen LogP contribution in [0.4, 0.5) is 0 Å². The summed E-state index contributed by atoms with van der Waals surface area (Å²) in [4.78, 5) is 28.0. The van der Waals surface area contributed by atoms with Crippen LogP contribution in [0.25, 0.3) is 5.82 Å². The van der Waals surface area contributed by atoms with Crippen molar-refractivity contribution in [2.75, 3.05) is 0 Å². The van der Waals surface area contributed by atoms with Crippen LogP contribution >= 0.6 is 11.6 Å². The minimum Gasteiger partial charge on any atom is -0.480 e. The van der Waals surface area contributed by atoms with Crippen LogP contribution in [0.5, 0.6) is 0 Å². The lowest BCUT2D eigenvalue weighted by Gasteiger charge is -2.15. The van der Waals surface area contributed by atoms with Gasteiger partial charge in [0.05, 0.1) is 10.7 Å². The number of carboxylic acid groups (broad SMARTS) is 1. The Hall–Kier alpha value is -2.41. The molecular weight excluding hydrogens is 344 g/mol. The van der Waals surface area contributed by atoms with E-state index in [0.717, 1.165) is 17.8 Å². The molecule has 8 heteroatoms. The summed E-state index contributed by atoms with van der Waals surface area (Å²) in [5, 5.41) is 16.2. The van der Waals surface area contributed by atoms with Gasteiger partial charge < -0.3 is 10.4 Å². The maximum absolute atomic E-state index is 12.5. The van der Waals surface area contributed by atoms with E-state index in [1.165, 1.54) is 0 Å². The average molecular weight is 365 g/mol. The minimum atomic E-state index is -1.08. The summed E-state index contributed by atoms with van der Waals surface area (Å²) in [6.07, 6.45) is 1.89. The molecule has 7 nitrogen and oxygen atoms in total. The number of carbonyl (C=O) groups is 2. The molecule has 0 aliphatic heterocycles. The van der Waals surface area contributed by atoms with Gasteiger partial charge in [-0.2, -0.15) is 5.10 Å². The Balaban J connectivity index is 2.28. The van der Waals surface area contributed by atoms with Crippen LogP contribution in [0.1, 0.15) is 48.1 Å². The number of rotatable bonds is 7. The third kappa shape index (κ3) is 4.57. The number of carboxylic acids is 1. The van der Waals surface area contributed by atoms with Crippen LogP contribution in [-0.2, 0) is 4.79 Å². The van der Waals surface area contributed by atoms with Crippen LogP contribution in [0.3, 0.4) is 0 Å². The number of aliphatic carboxylic acids is 1. The normalized spacial score (nSPS) is 12.0. The molecule has 2 aromatic heterocycles. The number of aryl methyl sites for hydroxylation is 2. The number of hydrogen-bond acceptors (Lipinski definition) is 4. The quantitative estimate of drug-likeness (QED) is 0.787. The van der Waals surface area contributed by atoms with Gasteiger partial charge in [-0.05, 0) is 38.5 Å². The number of pyridine rings is 1. The maximum atomic E-state index is 12.5. The standard InChI is InChI=1S/C17H21ClN4O3/c1-4-5-6-13(17(24)25)19-16(23)15-12(18)7-8-14(20-15)22-11(3)9-10(2)21-22/h7-9,13H,4-6H2,1-3H3,(H,19,23)(H,24,25)/t13-/m0/s1. The highest BCUT2D eigenvalue weighted by Gasteiger charge is 2.23. The van der Waals surface area contributed by atoms with E-state index in [1.54, 1.807) is 16.8 Å². The second-order valence-electron chi connectivity index (χ2n) is 5.85. The molecule has 0 aliphatic carbocycles. The topological polar surface area (TPSA) is 97.1 Å². The van der Waals surface area contributed by atoms with Crippen molar-refractivity contribution in [3.63, 3.8) is 0 Å². The summed E-state index contributed by atoms with van der Waals surface area (Å²) in [6, 6.07) is 4.13. The Bertz CT molecular complexity index is 788. The van der Waals surface area contributed by atoms with Crippen molar-refractivity contribution in [2.24, 2.45) is 0 Å². The maximum Gasteiger partial charge on any atom is 0.326 e. The van der Waals surface area contributed by atoms with E-state index in [4.69, 9.17) is 11.6 Å². The highest BCUT2D eigenvalue weighted by atomic mass is 35.5. The van der Waals surface area contributed by atoms with Crippen molar-refractivity contribution in [3.05, 3.63) is 40.3 Å². The van der Waals surface area contributed by atoms with Crippen molar-refractivity contribution in [1.82, 2.24) is 20.1 Å². The molecule has 2 N–H and O–H groups in total. The Morgan fingerprint density at radius 2 is 2.08 bits per heavy atom. The van der Waals surface area contributed by atoms with Gasteiger partial charge >= 0.3 is 5.97 Å². The zero-order valence-corrected chi connectivity index (χ0v) is 15.2. The molecule has 2 heterocycles. The van der Waals surface area contributed by atoms with Crippen LogP contribution < -0.4 is 5.32 Å². The molecule has 0 saturated heterocycles. The largest absolute Gasteiger partial charge is 0.480 e. The molecule has 0 unspecified atom stereocenters. The first-order chi connectivity index (χ1) is 11.8. The number of unbranched alkanes of at least 4 members (excludes halogenated alkanes) is 1. The first-order valence-electron chi connectivity index (χ1n) is 8.07. The third-order valence-electron chi connectivity index (χ3n) is 3.72. The van der Waals surface area contributed by atoms with Gasteiger partial charge in [0.25, 0.3) is 5.91 Å². The van der Waals surface area contributed by atoms with Crippen LogP contribution in [0, 0.1) is 13.8 Å². The smallest absolute Gasteiger partial charge is 0.326 e. The molecule has 2 aromatic rings. The molecule has 0 aliphatic rings. The van der Waals surface area contributed by atoms with E-state index in [2.05, 4.69) is 15.4 Å². The number of halogens is 1. The molecule has 1 atom stereocenters. The fourth-order valence-corrected chi connectivity index (χ4v) is 2.65. The van der Waals surface area contributed by atoms with E-state index in [1.807, 2.05) is 26.8 Å². The number of hydrogen-bond donors (Lipinski definition) is 2. The lowest BCUT2D eigenvalue weighted by Crippen LogP contribution is -2.41. The fraction of sp³-hybridized carbons (Fsp3) is 0.412. The van der Waals surface area contributed by atoms with Crippen LogP contribution in [0.2, 0.25) is 5.02 Å². The highest BCUT2D eigenvalue weighted by molar-refractivity contribution is 6.33. The SMILES string of the molecule is CCCC[C@H](NC(=O)c1nc(-n2nc(C)cc2C)ccc1Cl)C(=O)O.